The van der Waals surface area contributed by atoms with Crippen molar-refractivity contribution in [2.24, 2.45) is 5.92 Å². The highest BCUT2D eigenvalue weighted by Crippen LogP contribution is 2.26. The van der Waals surface area contributed by atoms with Crippen molar-refractivity contribution in [3.8, 4) is 11.4 Å². The molecule has 0 radical (unpaired) electrons. The minimum Gasteiger partial charge on any atom is -0.372 e. The van der Waals surface area contributed by atoms with Gasteiger partial charge in [-0.1, -0.05) is 18.1 Å². The number of benzene rings is 2. The summed E-state index contributed by atoms with van der Waals surface area (Å²) in [5, 5.41) is 4.95. The van der Waals surface area contributed by atoms with Crippen molar-refractivity contribution < 1.29 is 14.1 Å². The number of rotatable bonds is 4. The average molecular weight is 499 g/mol. The number of carbonyl (C=O) groups is 2. The molecule has 4 aromatic rings. The number of H-pyrrole nitrogens is 1. The van der Waals surface area contributed by atoms with Gasteiger partial charge in [0.05, 0.1) is 0 Å². The lowest BCUT2D eigenvalue weighted by Gasteiger charge is -2.34. The number of anilines is 1. The fraction of sp³-hybridized carbons (Fsp3) is 0.357. The molecule has 9 nitrogen and oxygen atoms in total. The summed E-state index contributed by atoms with van der Waals surface area (Å²) in [6.07, 6.45) is 4.26. The highest BCUT2D eigenvalue weighted by molar-refractivity contribution is 6.06. The van der Waals surface area contributed by atoms with Crippen LogP contribution in [0.4, 0.5) is 5.69 Å². The van der Waals surface area contributed by atoms with Crippen LogP contribution in [0.25, 0.3) is 22.3 Å². The minimum atomic E-state index is -0.308. The van der Waals surface area contributed by atoms with Crippen molar-refractivity contribution in [3.63, 3.8) is 0 Å². The zero-order valence-corrected chi connectivity index (χ0v) is 20.9. The summed E-state index contributed by atoms with van der Waals surface area (Å²) >= 11 is 0. The summed E-state index contributed by atoms with van der Waals surface area (Å²) in [6, 6.07) is 15.7. The first-order valence-electron chi connectivity index (χ1n) is 12.9. The number of nitrogens with one attached hydrogen (secondary N) is 1. The molecule has 2 aromatic carbocycles. The van der Waals surface area contributed by atoms with Gasteiger partial charge in [0.15, 0.2) is 0 Å². The van der Waals surface area contributed by atoms with E-state index in [2.05, 4.69) is 39.1 Å². The van der Waals surface area contributed by atoms with Gasteiger partial charge in [-0.15, -0.1) is 0 Å². The maximum atomic E-state index is 13.1. The average Bonchev–Trinajstić information content (AvgIpc) is 3.63. The van der Waals surface area contributed by atoms with E-state index >= 15 is 0 Å². The summed E-state index contributed by atoms with van der Waals surface area (Å²) in [4.78, 5) is 39.5. The molecule has 0 spiro atoms. The highest BCUT2D eigenvalue weighted by Gasteiger charge is 2.29. The first-order valence-corrected chi connectivity index (χ1v) is 12.9. The van der Waals surface area contributed by atoms with E-state index in [-0.39, 0.29) is 17.7 Å². The maximum absolute atomic E-state index is 13.1. The van der Waals surface area contributed by atoms with Gasteiger partial charge in [0.25, 0.3) is 5.91 Å². The van der Waals surface area contributed by atoms with E-state index in [1.807, 2.05) is 42.6 Å². The molecule has 4 heterocycles. The second kappa shape index (κ2) is 9.72. The quantitative estimate of drug-likeness (QED) is 0.456. The van der Waals surface area contributed by atoms with Gasteiger partial charge in [0.1, 0.15) is 0 Å². The fourth-order valence-corrected chi connectivity index (χ4v) is 5.21. The van der Waals surface area contributed by atoms with E-state index in [1.54, 1.807) is 9.80 Å². The Morgan fingerprint density at radius 1 is 0.892 bits per heavy atom. The van der Waals surface area contributed by atoms with Gasteiger partial charge in [-0.25, -0.2) is 0 Å². The van der Waals surface area contributed by atoms with Crippen molar-refractivity contribution in [2.45, 2.75) is 19.8 Å². The summed E-state index contributed by atoms with van der Waals surface area (Å²) in [7, 11) is 0. The Morgan fingerprint density at radius 2 is 1.59 bits per heavy atom. The molecular formula is C28H30N6O3. The van der Waals surface area contributed by atoms with Gasteiger partial charge in [0, 0.05) is 73.2 Å². The number of piperidine rings is 1. The largest absolute Gasteiger partial charge is 0.372 e. The third-order valence-corrected chi connectivity index (χ3v) is 7.56. The summed E-state index contributed by atoms with van der Waals surface area (Å²) in [6.45, 7) is 6.17. The van der Waals surface area contributed by atoms with Crippen LogP contribution in [0.2, 0.25) is 0 Å². The third-order valence-electron chi connectivity index (χ3n) is 7.56. The van der Waals surface area contributed by atoms with Crippen molar-refractivity contribution in [1.29, 1.82) is 0 Å². The van der Waals surface area contributed by atoms with Gasteiger partial charge in [0.2, 0.25) is 5.82 Å². The van der Waals surface area contributed by atoms with Crippen molar-refractivity contribution in [3.05, 3.63) is 66.2 Å². The van der Waals surface area contributed by atoms with E-state index < -0.39 is 0 Å². The van der Waals surface area contributed by atoms with Crippen LogP contribution in [-0.2, 0) is 0 Å². The van der Waals surface area contributed by atoms with Crippen LogP contribution in [0.5, 0.6) is 0 Å². The Balaban J connectivity index is 1.08. The number of nitrogens with zero attached hydrogens (tertiary/aromatic N) is 5. The van der Waals surface area contributed by atoms with Gasteiger partial charge >= 0.3 is 11.8 Å². The molecule has 6 rings (SSSR count). The Hall–Kier alpha value is -4.14. The lowest BCUT2D eigenvalue weighted by molar-refractivity contribution is 0.0509. The van der Waals surface area contributed by atoms with Crippen LogP contribution >= 0.6 is 0 Å². The normalized spacial score (nSPS) is 16.9. The van der Waals surface area contributed by atoms with Gasteiger partial charge in [-0.3, -0.25) is 9.59 Å². The first-order chi connectivity index (χ1) is 18.1. The number of piperazine rings is 1. The predicted molar refractivity (Wildman–Crippen MR) is 140 cm³/mol. The summed E-state index contributed by atoms with van der Waals surface area (Å²) < 4.78 is 5.33. The summed E-state index contributed by atoms with van der Waals surface area (Å²) in [5.41, 5.74) is 3.60. The monoisotopic (exact) mass is 498 g/mol. The van der Waals surface area contributed by atoms with Crippen molar-refractivity contribution in [1.82, 2.24) is 24.9 Å². The number of hydrogen-bond acceptors (Lipinski definition) is 6. The van der Waals surface area contributed by atoms with Gasteiger partial charge < -0.3 is 24.2 Å². The first kappa shape index (κ1) is 23.3. The SMILES string of the molecule is CC1CCN(c2ccc(-c3noc(C(=O)N4CCN(C(=O)c5cccc6[nH]ccc56)CC4)n3)cc2)CC1. The Labute approximate surface area is 215 Å². The van der Waals surface area contributed by atoms with Gasteiger partial charge in [-0.2, -0.15) is 4.98 Å². The summed E-state index contributed by atoms with van der Waals surface area (Å²) in [5.74, 6) is 0.822. The Morgan fingerprint density at radius 3 is 2.32 bits per heavy atom. The van der Waals surface area contributed by atoms with Crippen molar-refractivity contribution >= 4 is 28.4 Å². The van der Waals surface area contributed by atoms with E-state index in [0.29, 0.717) is 37.6 Å². The number of hydrogen-bond donors (Lipinski definition) is 1. The molecule has 1 N–H and O–H groups in total. The minimum absolute atomic E-state index is 0.0269. The molecule has 0 bridgehead atoms. The number of carbonyl (C=O) groups excluding carboxylic acids is 2. The number of aromatic amines is 1. The predicted octanol–water partition coefficient (Wildman–Crippen LogP) is 4.05. The van der Waals surface area contributed by atoms with Crippen LogP contribution in [-0.4, -0.2) is 76.0 Å². The van der Waals surface area contributed by atoms with Crippen LogP contribution < -0.4 is 4.90 Å². The zero-order chi connectivity index (χ0) is 25.4. The highest BCUT2D eigenvalue weighted by atomic mass is 16.5. The Kier molecular flexibility index (Phi) is 6.12. The number of amides is 2. The van der Waals surface area contributed by atoms with Gasteiger partial charge in [-0.05, 0) is 61.2 Å². The molecule has 0 saturated carbocycles. The smallest absolute Gasteiger partial charge is 0.316 e. The molecular weight excluding hydrogens is 468 g/mol. The van der Waals surface area contributed by atoms with Crippen molar-refractivity contribution in [2.75, 3.05) is 44.2 Å². The topological polar surface area (TPSA) is 98.6 Å². The standard InChI is InChI=1S/C28H30N6O3/c1-19-10-13-32(14-11-19)21-7-5-20(6-8-21)25-30-26(37-31-25)28(36)34-17-15-33(16-18-34)27(35)23-3-2-4-24-22(23)9-12-29-24/h2-9,12,19,29H,10-11,13-18H2,1H3. The lowest BCUT2D eigenvalue weighted by atomic mass is 9.98. The number of fused-ring (bicyclic) bond motifs is 1. The van der Waals surface area contributed by atoms with Crippen LogP contribution in [0.1, 0.15) is 40.8 Å². The molecule has 0 unspecified atom stereocenters. The molecule has 2 aromatic heterocycles. The third kappa shape index (κ3) is 4.57. The molecule has 9 heteroatoms. The van der Waals surface area contributed by atoms with Crippen LogP contribution in [0, 0.1) is 5.92 Å². The van der Waals surface area contributed by atoms with Crippen LogP contribution in [0.15, 0.2) is 59.3 Å². The zero-order valence-electron chi connectivity index (χ0n) is 20.9. The van der Waals surface area contributed by atoms with E-state index in [1.165, 1.54) is 18.5 Å². The fourth-order valence-electron chi connectivity index (χ4n) is 5.21. The lowest BCUT2D eigenvalue weighted by Crippen LogP contribution is -2.50. The molecule has 0 atom stereocenters. The van der Waals surface area contributed by atoms with Crippen LogP contribution in [0.3, 0.4) is 0 Å². The molecule has 2 aliphatic heterocycles. The Bertz CT molecular complexity index is 1410. The molecule has 2 amide bonds. The molecule has 0 aliphatic carbocycles. The molecule has 37 heavy (non-hydrogen) atoms. The maximum Gasteiger partial charge on any atom is 0.316 e. The van der Waals surface area contributed by atoms with E-state index in [0.717, 1.165) is 35.5 Å². The second-order valence-electron chi connectivity index (χ2n) is 9.97. The molecule has 2 fully saturated rings. The second-order valence-corrected chi connectivity index (χ2v) is 9.97. The van der Waals surface area contributed by atoms with E-state index in [4.69, 9.17) is 4.52 Å². The molecule has 190 valence electrons. The molecule has 2 saturated heterocycles. The molecule has 2 aliphatic rings. The number of aromatic nitrogens is 3. The van der Waals surface area contributed by atoms with E-state index in [9.17, 15) is 9.59 Å².